The minimum absolute atomic E-state index is 0.129. The third-order valence-corrected chi connectivity index (χ3v) is 6.85. The van der Waals surface area contributed by atoms with Crippen LogP contribution in [0.5, 0.6) is 0 Å². The van der Waals surface area contributed by atoms with Crippen molar-refractivity contribution in [1.29, 1.82) is 0 Å². The molecular formula is C29H26N4O2S. The van der Waals surface area contributed by atoms with Crippen LogP contribution in [0.2, 0.25) is 0 Å². The summed E-state index contributed by atoms with van der Waals surface area (Å²) in [5, 5.41) is 12.8. The molecule has 2 aromatic heterocycles. The number of hydrogen-bond acceptors (Lipinski definition) is 5. The van der Waals surface area contributed by atoms with Crippen molar-refractivity contribution in [2.24, 2.45) is 0 Å². The molecule has 0 bridgehead atoms. The number of carbonyl (C=O) groups excluding carboxylic acids is 1. The summed E-state index contributed by atoms with van der Waals surface area (Å²) >= 11 is 1.63. The molecule has 0 unspecified atom stereocenters. The fourth-order valence-electron chi connectivity index (χ4n) is 3.93. The van der Waals surface area contributed by atoms with Gasteiger partial charge in [-0.15, -0.1) is 10.2 Å². The molecule has 6 nitrogen and oxygen atoms in total. The van der Waals surface area contributed by atoms with E-state index in [1.54, 1.807) is 24.1 Å². The summed E-state index contributed by atoms with van der Waals surface area (Å²) < 4.78 is 7.42. The van der Waals surface area contributed by atoms with E-state index in [1.165, 1.54) is 11.1 Å². The molecule has 0 radical (unpaired) electrons. The number of carbonyl (C=O) groups is 1. The summed E-state index contributed by atoms with van der Waals surface area (Å²) in [4.78, 5) is 12.4. The van der Waals surface area contributed by atoms with Crippen molar-refractivity contribution in [3.8, 4) is 5.69 Å². The molecule has 180 valence electrons. The average molecular weight is 495 g/mol. The third kappa shape index (κ3) is 5.58. The minimum atomic E-state index is -0.129. The van der Waals surface area contributed by atoms with E-state index in [1.807, 2.05) is 60.7 Å². The Bertz CT molecular complexity index is 1430. The van der Waals surface area contributed by atoms with Crippen LogP contribution in [0.4, 0.5) is 0 Å². The number of aromatic nitrogens is 3. The first-order valence-electron chi connectivity index (χ1n) is 11.7. The normalized spacial score (nSPS) is 10.9. The molecule has 7 heteroatoms. The maximum absolute atomic E-state index is 12.4. The van der Waals surface area contributed by atoms with Gasteiger partial charge in [0.05, 0.1) is 18.5 Å². The van der Waals surface area contributed by atoms with E-state index in [2.05, 4.69) is 51.3 Å². The number of furan rings is 1. The van der Waals surface area contributed by atoms with Gasteiger partial charge in [-0.25, -0.2) is 0 Å². The monoisotopic (exact) mass is 494 g/mol. The van der Waals surface area contributed by atoms with Crippen molar-refractivity contribution in [2.45, 2.75) is 30.8 Å². The zero-order chi connectivity index (χ0) is 24.7. The fourth-order valence-corrected chi connectivity index (χ4v) is 4.85. The molecule has 0 fully saturated rings. The summed E-state index contributed by atoms with van der Waals surface area (Å²) in [7, 11) is 0. The molecular weight excluding hydrogens is 468 g/mol. The number of thioether (sulfide) groups is 1. The smallest absolute Gasteiger partial charge is 0.251 e. The Morgan fingerprint density at radius 1 is 0.889 bits per heavy atom. The van der Waals surface area contributed by atoms with Crippen LogP contribution >= 0.6 is 11.8 Å². The number of aryl methyl sites for hydroxylation is 1. The summed E-state index contributed by atoms with van der Waals surface area (Å²) in [6.45, 7) is 2.47. The number of hydrogen-bond donors (Lipinski definition) is 1. The molecule has 0 saturated carbocycles. The Morgan fingerprint density at radius 3 is 2.42 bits per heavy atom. The zero-order valence-corrected chi connectivity index (χ0v) is 20.7. The zero-order valence-electron chi connectivity index (χ0n) is 19.9. The highest BCUT2D eigenvalue weighted by Gasteiger charge is 2.17. The first kappa shape index (κ1) is 23.6. The Morgan fingerprint density at radius 2 is 1.67 bits per heavy atom. The standard InChI is InChI=1S/C29H26N4O2S/c1-21-8-5-6-12-26(21)33-27(18-22-9-3-2-4-10-22)31-32-29(33)36-20-23-13-15-24(16-14-23)28(34)30-19-25-11-7-17-35-25/h2-17H,18-20H2,1H3,(H,30,34). The van der Waals surface area contributed by atoms with Crippen molar-refractivity contribution in [3.05, 3.63) is 131 Å². The van der Waals surface area contributed by atoms with Gasteiger partial charge in [-0.1, -0.05) is 72.4 Å². The topological polar surface area (TPSA) is 73.0 Å². The van der Waals surface area contributed by atoms with Crippen LogP contribution in [0, 0.1) is 6.92 Å². The second-order valence-corrected chi connectivity index (χ2v) is 9.37. The molecule has 5 rings (SSSR count). The molecule has 2 heterocycles. The SMILES string of the molecule is Cc1ccccc1-n1c(Cc2ccccc2)nnc1SCc1ccc(C(=O)NCc2ccco2)cc1. The van der Waals surface area contributed by atoms with Crippen molar-refractivity contribution in [2.75, 3.05) is 0 Å². The van der Waals surface area contributed by atoms with Gasteiger partial charge in [0.1, 0.15) is 11.6 Å². The number of nitrogens with zero attached hydrogens (tertiary/aromatic N) is 3. The van der Waals surface area contributed by atoms with Crippen molar-refractivity contribution < 1.29 is 9.21 Å². The summed E-state index contributed by atoms with van der Waals surface area (Å²) in [5.41, 5.74) is 5.16. The molecule has 3 aromatic carbocycles. The highest BCUT2D eigenvalue weighted by Crippen LogP contribution is 2.28. The molecule has 1 N–H and O–H groups in total. The van der Waals surface area contributed by atoms with Gasteiger partial charge in [0.2, 0.25) is 0 Å². The van der Waals surface area contributed by atoms with E-state index in [0.717, 1.165) is 28.0 Å². The van der Waals surface area contributed by atoms with Gasteiger partial charge in [0, 0.05) is 17.7 Å². The molecule has 1 amide bonds. The maximum Gasteiger partial charge on any atom is 0.251 e. The van der Waals surface area contributed by atoms with Gasteiger partial charge in [0.15, 0.2) is 5.16 Å². The van der Waals surface area contributed by atoms with Crippen LogP contribution in [-0.4, -0.2) is 20.7 Å². The summed E-state index contributed by atoms with van der Waals surface area (Å²) in [5.74, 6) is 2.21. The first-order chi connectivity index (χ1) is 17.7. The highest BCUT2D eigenvalue weighted by atomic mass is 32.2. The van der Waals surface area contributed by atoms with Crippen LogP contribution < -0.4 is 5.32 Å². The lowest BCUT2D eigenvalue weighted by atomic mass is 10.1. The Balaban J connectivity index is 1.30. The first-order valence-corrected chi connectivity index (χ1v) is 12.7. The summed E-state index contributed by atoms with van der Waals surface area (Å²) in [6.07, 6.45) is 2.29. The second-order valence-electron chi connectivity index (χ2n) is 8.43. The van der Waals surface area contributed by atoms with E-state index in [0.29, 0.717) is 24.3 Å². The quantitative estimate of drug-likeness (QED) is 0.255. The Kier molecular flexibility index (Phi) is 7.28. The molecule has 0 aliphatic heterocycles. The van der Waals surface area contributed by atoms with Crippen molar-refractivity contribution in [1.82, 2.24) is 20.1 Å². The molecule has 5 aromatic rings. The van der Waals surface area contributed by atoms with Gasteiger partial charge >= 0.3 is 0 Å². The van der Waals surface area contributed by atoms with Crippen LogP contribution in [0.1, 0.15) is 38.6 Å². The van der Waals surface area contributed by atoms with Gasteiger partial charge < -0.3 is 9.73 Å². The lowest BCUT2D eigenvalue weighted by Crippen LogP contribution is -2.22. The number of para-hydroxylation sites is 1. The summed E-state index contributed by atoms with van der Waals surface area (Å²) in [6, 6.07) is 29.9. The van der Waals surface area contributed by atoms with E-state index in [-0.39, 0.29) is 5.91 Å². The van der Waals surface area contributed by atoms with Crippen LogP contribution in [-0.2, 0) is 18.7 Å². The van der Waals surface area contributed by atoms with Gasteiger partial charge in [0.25, 0.3) is 5.91 Å². The number of benzene rings is 3. The number of rotatable bonds is 9. The largest absolute Gasteiger partial charge is 0.467 e. The molecule has 0 saturated heterocycles. The predicted octanol–water partition coefficient (Wildman–Crippen LogP) is 5.98. The average Bonchev–Trinajstić information content (AvgIpc) is 3.57. The third-order valence-electron chi connectivity index (χ3n) is 5.85. The Labute approximate surface area is 214 Å². The maximum atomic E-state index is 12.4. The second kappa shape index (κ2) is 11.1. The Hall–Kier alpha value is -4.10. The molecule has 0 spiro atoms. The van der Waals surface area contributed by atoms with E-state index < -0.39 is 0 Å². The molecule has 0 aliphatic carbocycles. The molecule has 0 aliphatic rings. The molecule has 36 heavy (non-hydrogen) atoms. The van der Waals surface area contributed by atoms with Gasteiger partial charge in [-0.2, -0.15) is 0 Å². The molecule has 0 atom stereocenters. The predicted molar refractivity (Wildman–Crippen MR) is 141 cm³/mol. The number of nitrogens with one attached hydrogen (secondary N) is 1. The van der Waals surface area contributed by atoms with Crippen LogP contribution in [0.3, 0.4) is 0 Å². The van der Waals surface area contributed by atoms with Gasteiger partial charge in [-0.05, 0) is 53.9 Å². The lowest BCUT2D eigenvalue weighted by molar-refractivity contribution is 0.0948. The van der Waals surface area contributed by atoms with Crippen molar-refractivity contribution in [3.63, 3.8) is 0 Å². The lowest BCUT2D eigenvalue weighted by Gasteiger charge is -2.13. The van der Waals surface area contributed by atoms with Crippen LogP contribution in [0.25, 0.3) is 5.69 Å². The van der Waals surface area contributed by atoms with Crippen molar-refractivity contribution >= 4 is 17.7 Å². The van der Waals surface area contributed by atoms with Gasteiger partial charge in [-0.3, -0.25) is 9.36 Å². The number of amides is 1. The van der Waals surface area contributed by atoms with E-state index >= 15 is 0 Å². The van der Waals surface area contributed by atoms with Crippen LogP contribution in [0.15, 0.2) is 107 Å². The van der Waals surface area contributed by atoms with E-state index in [4.69, 9.17) is 4.42 Å². The highest BCUT2D eigenvalue weighted by molar-refractivity contribution is 7.98. The minimum Gasteiger partial charge on any atom is -0.467 e. The fraction of sp³-hybridized carbons (Fsp3) is 0.138. The van der Waals surface area contributed by atoms with E-state index in [9.17, 15) is 4.79 Å².